The summed E-state index contributed by atoms with van der Waals surface area (Å²) in [6.07, 6.45) is 1.63. The van der Waals surface area contributed by atoms with Gasteiger partial charge in [0.15, 0.2) is 11.6 Å². The number of halogens is 1. The molecular formula is C17H24FN3O3. The van der Waals surface area contributed by atoms with Gasteiger partial charge in [-0.2, -0.15) is 0 Å². The number of likely N-dealkylation sites (N-methyl/N-ethyl adjacent to an activating group) is 1. The van der Waals surface area contributed by atoms with Gasteiger partial charge in [-0.15, -0.1) is 0 Å². The fourth-order valence-electron chi connectivity index (χ4n) is 2.91. The third-order valence-corrected chi connectivity index (χ3v) is 4.33. The summed E-state index contributed by atoms with van der Waals surface area (Å²) >= 11 is 0. The van der Waals surface area contributed by atoms with Crippen molar-refractivity contribution in [2.24, 2.45) is 11.7 Å². The molecule has 1 aromatic carbocycles. The number of hydrogen-bond acceptors (Lipinski definition) is 4. The number of carbonyl (C=O) groups is 2. The van der Waals surface area contributed by atoms with E-state index in [9.17, 15) is 14.0 Å². The Kier molecular flexibility index (Phi) is 6.14. The smallest absolute Gasteiger partial charge is 0.236 e. The van der Waals surface area contributed by atoms with Crippen LogP contribution < -0.4 is 10.5 Å². The molecule has 1 heterocycles. The van der Waals surface area contributed by atoms with Crippen molar-refractivity contribution < 1.29 is 18.7 Å². The number of nitrogens with two attached hydrogens (primary N) is 1. The van der Waals surface area contributed by atoms with Crippen LogP contribution in [0, 0.1) is 11.7 Å². The lowest BCUT2D eigenvalue weighted by molar-refractivity contribution is -0.133. The molecule has 2 amide bonds. The Morgan fingerprint density at radius 2 is 2.21 bits per heavy atom. The standard InChI is InChI=1S/C17H24FN3O3/c1-20(9-12-5-6-15(24-2)14(18)8-12)16(22)11-21-7-3-4-13(10-21)17(19)23/h5-6,8,13H,3-4,7,9-11H2,1-2H3,(H2,19,23)/t13-/m1/s1. The number of benzene rings is 1. The van der Waals surface area contributed by atoms with Crippen molar-refractivity contribution in [1.29, 1.82) is 0 Å². The largest absolute Gasteiger partial charge is 0.494 e. The Bertz CT molecular complexity index is 609. The highest BCUT2D eigenvalue weighted by molar-refractivity contribution is 5.79. The number of ether oxygens (including phenoxy) is 1. The van der Waals surface area contributed by atoms with Crippen LogP contribution in [0.15, 0.2) is 18.2 Å². The first-order valence-corrected chi connectivity index (χ1v) is 7.98. The number of hydrogen-bond donors (Lipinski definition) is 1. The van der Waals surface area contributed by atoms with E-state index in [-0.39, 0.29) is 30.0 Å². The fraction of sp³-hybridized carbons (Fsp3) is 0.529. The molecule has 0 bridgehead atoms. The van der Waals surface area contributed by atoms with Crippen molar-refractivity contribution in [1.82, 2.24) is 9.80 Å². The van der Waals surface area contributed by atoms with Crippen LogP contribution in [0.3, 0.4) is 0 Å². The maximum absolute atomic E-state index is 13.7. The van der Waals surface area contributed by atoms with Crippen molar-refractivity contribution >= 4 is 11.8 Å². The molecule has 1 fully saturated rings. The number of nitrogens with zero attached hydrogens (tertiary/aromatic N) is 2. The second kappa shape index (κ2) is 8.10. The summed E-state index contributed by atoms with van der Waals surface area (Å²) in [6.45, 7) is 1.85. The molecule has 132 valence electrons. The maximum Gasteiger partial charge on any atom is 0.236 e. The summed E-state index contributed by atoms with van der Waals surface area (Å²) in [5.74, 6) is -0.840. The zero-order valence-electron chi connectivity index (χ0n) is 14.1. The second-order valence-corrected chi connectivity index (χ2v) is 6.20. The molecule has 2 N–H and O–H groups in total. The monoisotopic (exact) mass is 337 g/mol. The molecular weight excluding hydrogens is 313 g/mol. The van der Waals surface area contributed by atoms with Crippen LogP contribution in [0.25, 0.3) is 0 Å². The highest BCUT2D eigenvalue weighted by Gasteiger charge is 2.25. The van der Waals surface area contributed by atoms with Crippen molar-refractivity contribution in [3.63, 3.8) is 0 Å². The minimum absolute atomic E-state index is 0.0728. The molecule has 2 rings (SSSR count). The van der Waals surface area contributed by atoms with Crippen LogP contribution in [0.2, 0.25) is 0 Å². The summed E-state index contributed by atoms with van der Waals surface area (Å²) in [4.78, 5) is 27.2. The summed E-state index contributed by atoms with van der Waals surface area (Å²) in [5, 5.41) is 0. The first-order valence-electron chi connectivity index (χ1n) is 7.98. The molecule has 1 aliphatic heterocycles. The van der Waals surface area contributed by atoms with Gasteiger partial charge in [0, 0.05) is 20.1 Å². The van der Waals surface area contributed by atoms with E-state index >= 15 is 0 Å². The Morgan fingerprint density at radius 3 is 2.83 bits per heavy atom. The molecule has 0 spiro atoms. The molecule has 24 heavy (non-hydrogen) atoms. The van der Waals surface area contributed by atoms with Gasteiger partial charge in [0.1, 0.15) is 0 Å². The number of rotatable bonds is 6. The number of piperidine rings is 1. The van der Waals surface area contributed by atoms with Gasteiger partial charge in [-0.25, -0.2) is 4.39 Å². The molecule has 0 radical (unpaired) electrons. The number of likely N-dealkylation sites (tertiary alicyclic amines) is 1. The van der Waals surface area contributed by atoms with Crippen LogP contribution in [0.5, 0.6) is 5.75 Å². The van der Waals surface area contributed by atoms with Crippen LogP contribution in [0.1, 0.15) is 18.4 Å². The van der Waals surface area contributed by atoms with E-state index in [1.54, 1.807) is 24.1 Å². The van der Waals surface area contributed by atoms with Gasteiger partial charge in [-0.1, -0.05) is 6.07 Å². The molecule has 1 atom stereocenters. The lowest BCUT2D eigenvalue weighted by Crippen LogP contribution is -2.45. The van der Waals surface area contributed by atoms with E-state index < -0.39 is 5.82 Å². The quantitative estimate of drug-likeness (QED) is 0.840. The highest BCUT2D eigenvalue weighted by atomic mass is 19.1. The molecule has 0 aliphatic carbocycles. The molecule has 1 aromatic rings. The number of carbonyl (C=O) groups excluding carboxylic acids is 2. The van der Waals surface area contributed by atoms with E-state index in [1.807, 2.05) is 4.90 Å². The third-order valence-electron chi connectivity index (χ3n) is 4.33. The molecule has 7 heteroatoms. The van der Waals surface area contributed by atoms with E-state index in [0.717, 1.165) is 19.4 Å². The summed E-state index contributed by atoms with van der Waals surface area (Å²) < 4.78 is 18.6. The van der Waals surface area contributed by atoms with Crippen molar-refractivity contribution in [3.05, 3.63) is 29.6 Å². The van der Waals surface area contributed by atoms with Crippen molar-refractivity contribution in [2.45, 2.75) is 19.4 Å². The van der Waals surface area contributed by atoms with Gasteiger partial charge in [-0.3, -0.25) is 14.5 Å². The second-order valence-electron chi connectivity index (χ2n) is 6.20. The summed E-state index contributed by atoms with van der Waals surface area (Å²) in [7, 11) is 3.09. The van der Waals surface area contributed by atoms with E-state index in [0.29, 0.717) is 18.7 Å². The SMILES string of the molecule is COc1ccc(CN(C)C(=O)CN2CCC[C@@H](C(N)=O)C2)cc1F. The molecule has 1 saturated heterocycles. The number of primary amides is 1. The summed E-state index contributed by atoms with van der Waals surface area (Å²) in [6, 6.07) is 4.65. The Hall–Kier alpha value is -2.15. The van der Waals surface area contributed by atoms with Crippen LogP contribution in [-0.4, -0.2) is 55.4 Å². The van der Waals surface area contributed by atoms with Crippen LogP contribution in [0.4, 0.5) is 4.39 Å². The first-order chi connectivity index (χ1) is 11.4. The minimum atomic E-state index is -0.448. The molecule has 0 unspecified atom stereocenters. The maximum atomic E-state index is 13.7. The predicted octanol–water partition coefficient (Wildman–Crippen LogP) is 0.990. The van der Waals surface area contributed by atoms with Gasteiger partial charge >= 0.3 is 0 Å². The first kappa shape index (κ1) is 18.2. The molecule has 0 saturated carbocycles. The van der Waals surface area contributed by atoms with Gasteiger partial charge in [-0.05, 0) is 37.1 Å². The lowest BCUT2D eigenvalue weighted by Gasteiger charge is -2.31. The lowest BCUT2D eigenvalue weighted by atomic mass is 9.97. The average molecular weight is 337 g/mol. The van der Waals surface area contributed by atoms with Crippen molar-refractivity contribution in [3.8, 4) is 5.75 Å². The minimum Gasteiger partial charge on any atom is -0.494 e. The number of amides is 2. The summed E-state index contributed by atoms with van der Waals surface area (Å²) in [5.41, 5.74) is 6.05. The van der Waals surface area contributed by atoms with Crippen molar-refractivity contribution in [2.75, 3.05) is 33.8 Å². The fourth-order valence-corrected chi connectivity index (χ4v) is 2.91. The van der Waals surface area contributed by atoms with Crippen LogP contribution >= 0.6 is 0 Å². The van der Waals surface area contributed by atoms with E-state index in [2.05, 4.69) is 0 Å². The van der Waals surface area contributed by atoms with E-state index in [1.165, 1.54) is 13.2 Å². The Balaban J connectivity index is 1.90. The normalized spacial score (nSPS) is 18.2. The predicted molar refractivity (Wildman–Crippen MR) is 87.8 cm³/mol. The molecule has 0 aromatic heterocycles. The van der Waals surface area contributed by atoms with Gasteiger partial charge in [0.25, 0.3) is 0 Å². The molecule has 1 aliphatic rings. The Labute approximate surface area is 141 Å². The third kappa shape index (κ3) is 4.67. The zero-order chi connectivity index (χ0) is 17.7. The number of methoxy groups -OCH3 is 1. The van der Waals surface area contributed by atoms with Gasteiger partial charge < -0.3 is 15.4 Å². The van der Waals surface area contributed by atoms with Gasteiger partial charge in [0.05, 0.1) is 19.6 Å². The average Bonchev–Trinajstić information content (AvgIpc) is 2.55. The zero-order valence-corrected chi connectivity index (χ0v) is 14.1. The topological polar surface area (TPSA) is 75.9 Å². The Morgan fingerprint density at radius 1 is 1.46 bits per heavy atom. The molecule has 6 nitrogen and oxygen atoms in total. The van der Waals surface area contributed by atoms with Crippen LogP contribution in [-0.2, 0) is 16.1 Å². The van der Waals surface area contributed by atoms with E-state index in [4.69, 9.17) is 10.5 Å². The van der Waals surface area contributed by atoms with Gasteiger partial charge in [0.2, 0.25) is 11.8 Å². The highest BCUT2D eigenvalue weighted by Crippen LogP contribution is 2.19.